The quantitative estimate of drug-likeness (QED) is 0.704. The molecule has 2 atom stereocenters. The van der Waals surface area contributed by atoms with Crippen molar-refractivity contribution < 1.29 is 14.4 Å². The fourth-order valence-corrected chi connectivity index (χ4v) is 3.27. The van der Waals surface area contributed by atoms with E-state index in [9.17, 15) is 10.3 Å². The lowest BCUT2D eigenvalue weighted by molar-refractivity contribution is 0.0698. The van der Waals surface area contributed by atoms with Crippen molar-refractivity contribution in [3.63, 3.8) is 0 Å². The van der Waals surface area contributed by atoms with Gasteiger partial charge in [-0.3, -0.25) is 0 Å². The minimum Gasteiger partial charge on any atom is -0.536 e. The van der Waals surface area contributed by atoms with Gasteiger partial charge < -0.3 is 25.0 Å². The van der Waals surface area contributed by atoms with Crippen LogP contribution in [-0.2, 0) is 11.1 Å². The van der Waals surface area contributed by atoms with E-state index in [1.165, 1.54) is 0 Å². The molecule has 9 heteroatoms. The van der Waals surface area contributed by atoms with Crippen LogP contribution in [0.25, 0.3) is 0 Å². The molecule has 2 aromatic rings. The van der Waals surface area contributed by atoms with Gasteiger partial charge in [0, 0.05) is 36.4 Å². The highest BCUT2D eigenvalue weighted by Crippen LogP contribution is 2.30. The van der Waals surface area contributed by atoms with E-state index in [2.05, 4.69) is 26.7 Å². The summed E-state index contributed by atoms with van der Waals surface area (Å²) in [5.74, 6) is 1.67. The third kappa shape index (κ3) is 3.82. The molecule has 27 heavy (non-hydrogen) atoms. The van der Waals surface area contributed by atoms with Gasteiger partial charge in [-0.2, -0.15) is 10.2 Å². The van der Waals surface area contributed by atoms with Crippen LogP contribution in [0.4, 0.5) is 17.5 Å². The lowest BCUT2D eigenvalue weighted by atomic mass is 9.85. The first-order chi connectivity index (χ1) is 13.1. The van der Waals surface area contributed by atoms with E-state index in [4.69, 9.17) is 9.39 Å². The van der Waals surface area contributed by atoms with Gasteiger partial charge in [-0.15, -0.1) is 0 Å². The van der Waals surface area contributed by atoms with Gasteiger partial charge in [-0.05, 0) is 25.0 Å². The minimum absolute atomic E-state index is 0.0971. The van der Waals surface area contributed by atoms with Crippen molar-refractivity contribution in [2.24, 2.45) is 5.92 Å². The van der Waals surface area contributed by atoms with Crippen molar-refractivity contribution in [3.8, 4) is 11.8 Å². The number of nitrogens with zero attached hydrogens (tertiary/aromatic N) is 3. The van der Waals surface area contributed by atoms with E-state index in [1.54, 1.807) is 6.20 Å². The number of hydrogen-bond donors (Lipinski definition) is 3. The Balaban J connectivity index is 1.51. The van der Waals surface area contributed by atoms with Crippen LogP contribution in [0.5, 0.6) is 5.75 Å². The standard InChI is InChI=1S/C18H20BN5O3/c1-11-9-21-18(22-14-3-2-12-7-19(25)27-16(12)6-14)24-17(11)23-15-10-26-5-4-13(15)8-20/h2-3,6,9,13,15,25H,4-5,7,10H2,1H3,(H2,21,22,23,24)/t13-,15+/m0/s1. The van der Waals surface area contributed by atoms with Gasteiger partial charge in [0.2, 0.25) is 5.95 Å². The first-order valence-electron chi connectivity index (χ1n) is 8.94. The number of aromatic nitrogens is 2. The van der Waals surface area contributed by atoms with Crippen molar-refractivity contribution in [1.29, 1.82) is 5.26 Å². The normalized spacial score (nSPS) is 21.1. The van der Waals surface area contributed by atoms with Crippen molar-refractivity contribution in [2.45, 2.75) is 25.7 Å². The Kier molecular flexibility index (Phi) is 4.84. The number of aryl methyl sites for hydroxylation is 1. The minimum atomic E-state index is -0.785. The molecule has 2 aliphatic heterocycles. The van der Waals surface area contributed by atoms with Crippen LogP contribution < -0.4 is 15.3 Å². The van der Waals surface area contributed by atoms with Crippen LogP contribution in [0.1, 0.15) is 17.5 Å². The molecule has 8 nitrogen and oxygen atoms in total. The molecule has 2 aliphatic rings. The van der Waals surface area contributed by atoms with E-state index in [0.29, 0.717) is 43.5 Å². The summed E-state index contributed by atoms with van der Waals surface area (Å²) in [6, 6.07) is 7.88. The molecular weight excluding hydrogens is 345 g/mol. The Morgan fingerprint density at radius 1 is 1.41 bits per heavy atom. The molecule has 0 amide bonds. The van der Waals surface area contributed by atoms with Gasteiger partial charge in [0.15, 0.2) is 0 Å². The summed E-state index contributed by atoms with van der Waals surface area (Å²) < 4.78 is 10.9. The maximum absolute atomic E-state index is 9.59. The molecule has 1 saturated heterocycles. The summed E-state index contributed by atoms with van der Waals surface area (Å²) in [5, 5.41) is 25.4. The molecule has 0 bridgehead atoms. The molecule has 0 saturated carbocycles. The summed E-state index contributed by atoms with van der Waals surface area (Å²) in [7, 11) is -0.785. The Morgan fingerprint density at radius 2 is 2.30 bits per heavy atom. The van der Waals surface area contributed by atoms with Crippen LogP contribution in [-0.4, -0.2) is 41.4 Å². The number of ether oxygens (including phenoxy) is 1. The van der Waals surface area contributed by atoms with Gasteiger partial charge in [0.25, 0.3) is 0 Å². The Hall–Kier alpha value is -2.83. The third-order valence-corrected chi connectivity index (χ3v) is 4.80. The molecule has 0 spiro atoms. The average molecular weight is 365 g/mol. The number of hydrogen-bond acceptors (Lipinski definition) is 8. The van der Waals surface area contributed by atoms with Crippen molar-refractivity contribution in [1.82, 2.24) is 9.97 Å². The Morgan fingerprint density at radius 3 is 3.15 bits per heavy atom. The predicted octanol–water partition coefficient (Wildman–Crippen LogP) is 1.82. The molecule has 0 unspecified atom stereocenters. The summed E-state index contributed by atoms with van der Waals surface area (Å²) in [6.07, 6.45) is 2.94. The van der Waals surface area contributed by atoms with Gasteiger partial charge in [0.1, 0.15) is 11.6 Å². The maximum Gasteiger partial charge on any atom is 0.527 e. The number of benzene rings is 1. The highest BCUT2D eigenvalue weighted by molar-refractivity contribution is 6.44. The van der Waals surface area contributed by atoms with Crippen LogP contribution in [0.15, 0.2) is 24.4 Å². The number of fused-ring (bicyclic) bond motifs is 1. The second-order valence-electron chi connectivity index (χ2n) is 6.80. The van der Waals surface area contributed by atoms with E-state index in [1.807, 2.05) is 25.1 Å². The smallest absolute Gasteiger partial charge is 0.527 e. The van der Waals surface area contributed by atoms with Gasteiger partial charge in [-0.1, -0.05) is 6.07 Å². The fourth-order valence-electron chi connectivity index (χ4n) is 3.27. The van der Waals surface area contributed by atoms with Crippen molar-refractivity contribution >= 4 is 24.6 Å². The molecule has 138 valence electrons. The van der Waals surface area contributed by atoms with Crippen molar-refractivity contribution in [2.75, 3.05) is 23.8 Å². The molecule has 4 rings (SSSR count). The number of nitriles is 1. The average Bonchev–Trinajstić information content (AvgIpc) is 3.04. The fraction of sp³-hybridized carbons (Fsp3) is 0.389. The van der Waals surface area contributed by atoms with Crippen molar-refractivity contribution in [3.05, 3.63) is 35.5 Å². The highest BCUT2D eigenvalue weighted by Gasteiger charge is 2.27. The molecule has 0 aliphatic carbocycles. The number of nitrogens with one attached hydrogen (secondary N) is 2. The monoisotopic (exact) mass is 365 g/mol. The zero-order valence-corrected chi connectivity index (χ0v) is 15.0. The lowest BCUT2D eigenvalue weighted by Gasteiger charge is -2.28. The molecule has 0 radical (unpaired) electrons. The van der Waals surface area contributed by atoms with Gasteiger partial charge in [-0.25, -0.2) is 4.98 Å². The van der Waals surface area contributed by atoms with E-state index < -0.39 is 7.12 Å². The first kappa shape index (κ1) is 17.6. The zero-order valence-electron chi connectivity index (χ0n) is 15.0. The Labute approximate surface area is 157 Å². The summed E-state index contributed by atoms with van der Waals surface area (Å²) in [5.41, 5.74) is 2.64. The van der Waals surface area contributed by atoms with Gasteiger partial charge >= 0.3 is 7.12 Å². The molecule has 1 aromatic carbocycles. The Bertz CT molecular complexity index is 888. The molecule has 1 fully saturated rings. The van der Waals surface area contributed by atoms with Crippen LogP contribution in [0.2, 0.25) is 0 Å². The lowest BCUT2D eigenvalue weighted by Crippen LogP contribution is -2.38. The van der Waals surface area contributed by atoms with Crippen LogP contribution in [0.3, 0.4) is 0 Å². The largest absolute Gasteiger partial charge is 0.536 e. The highest BCUT2D eigenvalue weighted by atomic mass is 16.5. The van der Waals surface area contributed by atoms with Crippen LogP contribution in [0, 0.1) is 24.2 Å². The van der Waals surface area contributed by atoms with Gasteiger partial charge in [0.05, 0.1) is 24.6 Å². The molecule has 1 aromatic heterocycles. The topological polar surface area (TPSA) is 112 Å². The van der Waals surface area contributed by atoms with E-state index >= 15 is 0 Å². The van der Waals surface area contributed by atoms with Crippen LogP contribution >= 0.6 is 0 Å². The predicted molar refractivity (Wildman–Crippen MR) is 101 cm³/mol. The first-order valence-corrected chi connectivity index (χ1v) is 8.94. The number of anilines is 3. The molecule has 3 heterocycles. The second-order valence-corrected chi connectivity index (χ2v) is 6.80. The van der Waals surface area contributed by atoms with E-state index in [-0.39, 0.29) is 12.0 Å². The van der Waals surface area contributed by atoms with E-state index in [0.717, 1.165) is 16.8 Å². The second kappa shape index (κ2) is 7.43. The maximum atomic E-state index is 9.59. The SMILES string of the molecule is Cc1cnc(Nc2ccc3c(c2)OB(O)C3)nc1N[C@@H]1COCC[C@H]1C#N. The third-order valence-electron chi connectivity index (χ3n) is 4.80. The molecule has 3 N–H and O–H groups in total. The summed E-state index contributed by atoms with van der Waals surface area (Å²) in [6.45, 7) is 3.01. The number of rotatable bonds is 4. The summed E-state index contributed by atoms with van der Waals surface area (Å²) in [4.78, 5) is 8.88. The molecular formula is C18H20BN5O3. The summed E-state index contributed by atoms with van der Waals surface area (Å²) >= 11 is 0. The zero-order chi connectivity index (χ0) is 18.8.